The summed E-state index contributed by atoms with van der Waals surface area (Å²) in [6.07, 6.45) is 1.92. The number of hydrogen-bond donors (Lipinski definition) is 2. The maximum absolute atomic E-state index is 4.56. The number of aromatic amines is 1. The molecule has 0 atom stereocenters. The summed E-state index contributed by atoms with van der Waals surface area (Å²) >= 11 is 0. The number of nitrogens with zero attached hydrogens (tertiary/aromatic N) is 2. The number of nitrogens with one attached hydrogen (secondary N) is 2. The molecule has 2 rings (SSSR count). The van der Waals surface area contributed by atoms with Crippen molar-refractivity contribution < 1.29 is 0 Å². The molecule has 0 saturated heterocycles. The summed E-state index contributed by atoms with van der Waals surface area (Å²) in [5, 5.41) is 3.17. The number of rotatable bonds is 3. The summed E-state index contributed by atoms with van der Waals surface area (Å²) in [5.74, 6) is 1.03. The third-order valence-corrected chi connectivity index (χ3v) is 2.63. The quantitative estimate of drug-likeness (QED) is 0.794. The third kappa shape index (κ3) is 1.68. The maximum atomic E-state index is 4.56. The van der Waals surface area contributed by atoms with E-state index in [0.717, 1.165) is 23.8 Å². The second-order valence-corrected chi connectivity index (χ2v) is 3.63. The van der Waals surface area contributed by atoms with Crippen LogP contribution in [0.4, 0.5) is 0 Å². The Bertz CT molecular complexity index is 439. The number of H-pyrrole nitrogens is 1. The van der Waals surface area contributed by atoms with E-state index in [1.165, 1.54) is 5.69 Å². The molecule has 2 heterocycles. The number of aryl methyl sites for hydroxylation is 1. The van der Waals surface area contributed by atoms with Crippen molar-refractivity contribution in [2.24, 2.45) is 7.05 Å². The lowest BCUT2D eigenvalue weighted by molar-refractivity contribution is 0.721. The Labute approximate surface area is 89.3 Å². The highest BCUT2D eigenvalue weighted by Gasteiger charge is 2.13. The molecule has 0 amide bonds. The molecule has 15 heavy (non-hydrogen) atoms. The molecule has 0 saturated carbocycles. The molecular formula is C11H16N4. The van der Waals surface area contributed by atoms with E-state index in [1.54, 1.807) is 0 Å². The number of hydrogen-bond acceptors (Lipinski definition) is 2. The predicted octanol–water partition coefficient (Wildman–Crippen LogP) is 1.44. The molecule has 2 N–H and O–H groups in total. The molecule has 0 spiro atoms. The molecule has 4 nitrogen and oxygen atoms in total. The van der Waals surface area contributed by atoms with Crippen LogP contribution in [0.2, 0.25) is 0 Å². The van der Waals surface area contributed by atoms with E-state index in [4.69, 9.17) is 0 Å². The minimum absolute atomic E-state index is 0.825. The second kappa shape index (κ2) is 3.90. The topological polar surface area (TPSA) is 45.6 Å². The lowest BCUT2D eigenvalue weighted by Gasteiger charge is -2.04. The van der Waals surface area contributed by atoms with E-state index in [0.29, 0.717) is 0 Å². The van der Waals surface area contributed by atoms with Gasteiger partial charge in [0.2, 0.25) is 0 Å². The molecular weight excluding hydrogens is 188 g/mol. The van der Waals surface area contributed by atoms with E-state index in [9.17, 15) is 0 Å². The summed E-state index contributed by atoms with van der Waals surface area (Å²) in [6, 6.07) is 4.03. The van der Waals surface area contributed by atoms with Crippen molar-refractivity contribution in [3.63, 3.8) is 0 Å². The van der Waals surface area contributed by atoms with E-state index >= 15 is 0 Å². The van der Waals surface area contributed by atoms with Crippen LogP contribution in [0.15, 0.2) is 18.3 Å². The first-order valence-corrected chi connectivity index (χ1v) is 5.04. The summed E-state index contributed by atoms with van der Waals surface area (Å²) in [5.41, 5.74) is 3.32. The molecule has 0 aliphatic heterocycles. The lowest BCUT2D eigenvalue weighted by atomic mass is 10.2. The van der Waals surface area contributed by atoms with Gasteiger partial charge in [0.1, 0.15) is 11.5 Å². The Balaban J connectivity index is 2.51. The van der Waals surface area contributed by atoms with Gasteiger partial charge >= 0.3 is 0 Å². The standard InChI is InChI=1S/C11H16N4/c1-8-14-11(9-5-4-6-13-9)10(7-12-2)15(8)3/h4-6,12-13H,7H2,1-3H3. The minimum atomic E-state index is 0.825. The van der Waals surface area contributed by atoms with Crippen LogP contribution in [0.5, 0.6) is 0 Å². The molecule has 0 unspecified atom stereocenters. The first kappa shape index (κ1) is 9.98. The minimum Gasteiger partial charge on any atom is -0.360 e. The molecule has 0 aromatic carbocycles. The van der Waals surface area contributed by atoms with Crippen molar-refractivity contribution in [3.8, 4) is 11.4 Å². The Morgan fingerprint density at radius 1 is 1.53 bits per heavy atom. The van der Waals surface area contributed by atoms with Crippen LogP contribution >= 0.6 is 0 Å². The van der Waals surface area contributed by atoms with Crippen LogP contribution in [0, 0.1) is 6.92 Å². The van der Waals surface area contributed by atoms with Gasteiger partial charge in [-0.25, -0.2) is 4.98 Å². The molecule has 0 aliphatic carbocycles. The highest BCUT2D eigenvalue weighted by molar-refractivity contribution is 5.58. The number of aromatic nitrogens is 3. The monoisotopic (exact) mass is 204 g/mol. The molecule has 0 aliphatic rings. The first-order chi connectivity index (χ1) is 7.24. The molecule has 0 radical (unpaired) electrons. The van der Waals surface area contributed by atoms with Crippen molar-refractivity contribution in [2.45, 2.75) is 13.5 Å². The molecule has 0 fully saturated rings. The third-order valence-electron chi connectivity index (χ3n) is 2.63. The van der Waals surface area contributed by atoms with Crippen molar-refractivity contribution in [2.75, 3.05) is 7.05 Å². The smallest absolute Gasteiger partial charge is 0.109 e. The average molecular weight is 204 g/mol. The maximum Gasteiger partial charge on any atom is 0.109 e. The van der Waals surface area contributed by atoms with Gasteiger partial charge in [0, 0.05) is 19.8 Å². The summed E-state index contributed by atoms with van der Waals surface area (Å²) in [4.78, 5) is 7.75. The Morgan fingerprint density at radius 2 is 2.33 bits per heavy atom. The van der Waals surface area contributed by atoms with Gasteiger partial charge in [-0.2, -0.15) is 0 Å². The molecule has 0 bridgehead atoms. The average Bonchev–Trinajstić information content (AvgIpc) is 2.81. The molecule has 2 aromatic rings. The fourth-order valence-corrected chi connectivity index (χ4v) is 1.72. The van der Waals surface area contributed by atoms with Gasteiger partial charge in [0.25, 0.3) is 0 Å². The highest BCUT2D eigenvalue weighted by Crippen LogP contribution is 2.21. The Hall–Kier alpha value is -1.55. The van der Waals surface area contributed by atoms with Crippen LogP contribution in [-0.4, -0.2) is 21.6 Å². The Morgan fingerprint density at radius 3 is 2.93 bits per heavy atom. The van der Waals surface area contributed by atoms with E-state index < -0.39 is 0 Å². The summed E-state index contributed by atoms with van der Waals surface area (Å²) < 4.78 is 2.12. The highest BCUT2D eigenvalue weighted by atomic mass is 15.1. The Kier molecular flexibility index (Phi) is 2.60. The molecule has 2 aromatic heterocycles. The van der Waals surface area contributed by atoms with Crippen LogP contribution in [0.3, 0.4) is 0 Å². The van der Waals surface area contributed by atoms with Crippen molar-refractivity contribution in [1.82, 2.24) is 19.9 Å². The zero-order chi connectivity index (χ0) is 10.8. The van der Waals surface area contributed by atoms with Crippen molar-refractivity contribution in [1.29, 1.82) is 0 Å². The molecule has 4 heteroatoms. The predicted molar refractivity (Wildman–Crippen MR) is 60.5 cm³/mol. The summed E-state index contributed by atoms with van der Waals surface area (Å²) in [6.45, 7) is 2.84. The van der Waals surface area contributed by atoms with Gasteiger partial charge in [0.05, 0.1) is 11.4 Å². The van der Waals surface area contributed by atoms with Gasteiger partial charge in [-0.15, -0.1) is 0 Å². The van der Waals surface area contributed by atoms with Gasteiger partial charge in [-0.3, -0.25) is 0 Å². The van der Waals surface area contributed by atoms with Gasteiger partial charge < -0.3 is 14.9 Å². The van der Waals surface area contributed by atoms with Crippen LogP contribution in [0.25, 0.3) is 11.4 Å². The lowest BCUT2D eigenvalue weighted by Crippen LogP contribution is -2.10. The van der Waals surface area contributed by atoms with E-state index in [-0.39, 0.29) is 0 Å². The second-order valence-electron chi connectivity index (χ2n) is 3.63. The van der Waals surface area contributed by atoms with Crippen molar-refractivity contribution in [3.05, 3.63) is 29.8 Å². The summed E-state index contributed by atoms with van der Waals surface area (Å²) in [7, 11) is 3.99. The van der Waals surface area contributed by atoms with Crippen LogP contribution < -0.4 is 5.32 Å². The van der Waals surface area contributed by atoms with Gasteiger partial charge in [-0.05, 0) is 26.1 Å². The van der Waals surface area contributed by atoms with Crippen LogP contribution in [-0.2, 0) is 13.6 Å². The number of imidazole rings is 1. The largest absolute Gasteiger partial charge is 0.360 e. The van der Waals surface area contributed by atoms with Gasteiger partial charge in [0.15, 0.2) is 0 Å². The zero-order valence-corrected chi connectivity index (χ0v) is 9.33. The fraction of sp³-hybridized carbons (Fsp3) is 0.364. The fourth-order valence-electron chi connectivity index (χ4n) is 1.72. The van der Waals surface area contributed by atoms with Gasteiger partial charge in [-0.1, -0.05) is 0 Å². The SMILES string of the molecule is CNCc1c(-c2ccc[nH]2)nc(C)n1C. The normalized spacial score (nSPS) is 10.9. The van der Waals surface area contributed by atoms with E-state index in [1.807, 2.05) is 39.3 Å². The van der Waals surface area contributed by atoms with E-state index in [2.05, 4.69) is 19.9 Å². The first-order valence-electron chi connectivity index (χ1n) is 5.04. The van der Waals surface area contributed by atoms with Crippen molar-refractivity contribution >= 4 is 0 Å². The molecule has 80 valence electrons. The van der Waals surface area contributed by atoms with Crippen LogP contribution in [0.1, 0.15) is 11.5 Å². The zero-order valence-electron chi connectivity index (χ0n) is 9.33.